The summed E-state index contributed by atoms with van der Waals surface area (Å²) in [5.74, 6) is 2.62. The molecule has 2 rings (SSSR count). The zero-order valence-electron chi connectivity index (χ0n) is 16.3. The van der Waals surface area contributed by atoms with E-state index in [0.717, 1.165) is 36.9 Å². The summed E-state index contributed by atoms with van der Waals surface area (Å²) >= 11 is 2.03. The van der Waals surface area contributed by atoms with E-state index < -0.39 is 0 Å². The van der Waals surface area contributed by atoms with Crippen molar-refractivity contribution >= 4 is 23.6 Å². The molecule has 6 nitrogen and oxygen atoms in total. The van der Waals surface area contributed by atoms with Gasteiger partial charge in [-0.05, 0) is 18.1 Å². The molecule has 1 atom stereocenters. The largest absolute Gasteiger partial charge is 0.347 e. The number of guanidine groups is 1. The second-order valence-electron chi connectivity index (χ2n) is 6.89. The number of carbonyl (C=O) groups excluding carboxylic acids is 1. The van der Waals surface area contributed by atoms with Gasteiger partial charge in [0.15, 0.2) is 5.96 Å². The van der Waals surface area contributed by atoms with Crippen LogP contribution in [-0.4, -0.2) is 77.9 Å². The smallest absolute Gasteiger partial charge is 0.241 e. The summed E-state index contributed by atoms with van der Waals surface area (Å²) in [6.07, 6.45) is 2.54. The molecule has 1 N–H and O–H groups in total. The predicted octanol–water partition coefficient (Wildman–Crippen LogP) is 1.73. The van der Waals surface area contributed by atoms with Gasteiger partial charge in [0.05, 0.1) is 6.54 Å². The third-order valence-electron chi connectivity index (χ3n) is 4.60. The van der Waals surface area contributed by atoms with Crippen molar-refractivity contribution in [2.45, 2.75) is 25.5 Å². The normalized spacial score (nSPS) is 18.1. The van der Waals surface area contributed by atoms with Crippen LogP contribution in [0.4, 0.5) is 0 Å². The number of aliphatic imine (C=N–C) groups is 1. The number of nitrogens with zero attached hydrogens (tertiary/aromatic N) is 4. The van der Waals surface area contributed by atoms with Crippen LogP contribution in [0.2, 0.25) is 0 Å². The standard InChI is InChI=1S/C19H31N5OS/c1-15(2)17-14-24(11-12-26-17)19(20-3)22-13-18(25)23(4)10-8-16-7-5-6-9-21-16/h5-7,9,15,17H,8,10-14H2,1-4H3,(H,20,22). The van der Waals surface area contributed by atoms with Crippen molar-refractivity contribution in [3.63, 3.8) is 0 Å². The minimum absolute atomic E-state index is 0.0638. The average Bonchev–Trinajstić information content (AvgIpc) is 2.67. The van der Waals surface area contributed by atoms with Gasteiger partial charge in [-0.25, -0.2) is 0 Å². The average molecular weight is 378 g/mol. The maximum Gasteiger partial charge on any atom is 0.241 e. The highest BCUT2D eigenvalue weighted by Gasteiger charge is 2.25. The maximum absolute atomic E-state index is 12.4. The van der Waals surface area contributed by atoms with E-state index in [1.165, 1.54) is 0 Å². The first-order valence-electron chi connectivity index (χ1n) is 9.22. The zero-order valence-corrected chi connectivity index (χ0v) is 17.1. The highest BCUT2D eigenvalue weighted by Crippen LogP contribution is 2.24. The van der Waals surface area contributed by atoms with Gasteiger partial charge in [-0.15, -0.1) is 0 Å². The molecule has 1 aliphatic heterocycles. The molecule has 0 spiro atoms. The lowest BCUT2D eigenvalue weighted by molar-refractivity contribution is -0.128. The van der Waals surface area contributed by atoms with E-state index in [2.05, 4.69) is 34.0 Å². The number of carbonyl (C=O) groups is 1. The van der Waals surface area contributed by atoms with Gasteiger partial charge in [0.1, 0.15) is 0 Å². The number of hydrogen-bond donors (Lipinski definition) is 1. The Hall–Kier alpha value is -1.76. The SMILES string of the molecule is CN=C(NCC(=O)N(C)CCc1ccccn1)N1CCSC(C(C)C)C1. The summed E-state index contributed by atoms with van der Waals surface area (Å²) in [7, 11) is 3.62. The first-order valence-corrected chi connectivity index (χ1v) is 10.3. The van der Waals surface area contributed by atoms with E-state index >= 15 is 0 Å². The molecule has 0 radical (unpaired) electrons. The van der Waals surface area contributed by atoms with Crippen molar-refractivity contribution in [1.29, 1.82) is 0 Å². The molecule has 1 aromatic rings. The summed E-state index contributed by atoms with van der Waals surface area (Å²) in [4.78, 5) is 25.1. The Labute approximate surface area is 161 Å². The molecule has 26 heavy (non-hydrogen) atoms. The number of thioether (sulfide) groups is 1. The fourth-order valence-electron chi connectivity index (χ4n) is 2.85. The number of amides is 1. The Morgan fingerprint density at radius 2 is 2.31 bits per heavy atom. The molecular formula is C19H31N5OS. The van der Waals surface area contributed by atoms with E-state index in [1.54, 1.807) is 18.1 Å². The lowest BCUT2D eigenvalue weighted by Crippen LogP contribution is -2.51. The first-order chi connectivity index (χ1) is 12.5. The van der Waals surface area contributed by atoms with Gasteiger partial charge in [0, 0.05) is 63.0 Å². The lowest BCUT2D eigenvalue weighted by Gasteiger charge is -2.36. The first kappa shape index (κ1) is 20.6. The molecule has 1 aromatic heterocycles. The number of pyridine rings is 1. The van der Waals surface area contributed by atoms with Gasteiger partial charge < -0.3 is 15.1 Å². The van der Waals surface area contributed by atoms with Gasteiger partial charge in [-0.3, -0.25) is 14.8 Å². The van der Waals surface area contributed by atoms with Gasteiger partial charge in [-0.2, -0.15) is 11.8 Å². The monoisotopic (exact) mass is 377 g/mol. The highest BCUT2D eigenvalue weighted by molar-refractivity contribution is 8.00. The fourth-order valence-corrected chi connectivity index (χ4v) is 4.14. The van der Waals surface area contributed by atoms with Crippen LogP contribution in [0.5, 0.6) is 0 Å². The van der Waals surface area contributed by atoms with E-state index in [1.807, 2.05) is 37.0 Å². The third kappa shape index (κ3) is 6.20. The van der Waals surface area contributed by atoms with Crippen molar-refractivity contribution in [1.82, 2.24) is 20.1 Å². The van der Waals surface area contributed by atoms with Crippen LogP contribution < -0.4 is 5.32 Å². The summed E-state index contributed by atoms with van der Waals surface area (Å²) in [5, 5.41) is 3.85. The molecule has 1 fully saturated rings. The molecule has 7 heteroatoms. The van der Waals surface area contributed by atoms with Crippen LogP contribution in [0.3, 0.4) is 0 Å². The zero-order chi connectivity index (χ0) is 18.9. The number of nitrogens with one attached hydrogen (secondary N) is 1. The molecule has 1 amide bonds. The third-order valence-corrected chi connectivity index (χ3v) is 6.14. The Morgan fingerprint density at radius 1 is 1.50 bits per heavy atom. The molecule has 0 aromatic carbocycles. The number of likely N-dealkylation sites (N-methyl/N-ethyl adjacent to an activating group) is 1. The van der Waals surface area contributed by atoms with Crippen molar-refractivity contribution in [2.75, 3.05) is 46.0 Å². The van der Waals surface area contributed by atoms with E-state index in [9.17, 15) is 4.79 Å². The molecule has 1 unspecified atom stereocenters. The Bertz CT molecular complexity index is 593. The quantitative estimate of drug-likeness (QED) is 0.604. The van der Waals surface area contributed by atoms with Gasteiger partial charge in [-0.1, -0.05) is 19.9 Å². The predicted molar refractivity (Wildman–Crippen MR) is 110 cm³/mol. The van der Waals surface area contributed by atoms with Crippen LogP contribution in [0.25, 0.3) is 0 Å². The number of aromatic nitrogens is 1. The van der Waals surface area contributed by atoms with Gasteiger partial charge >= 0.3 is 0 Å². The van der Waals surface area contributed by atoms with Crippen molar-refractivity contribution < 1.29 is 4.79 Å². The second-order valence-corrected chi connectivity index (χ2v) is 8.23. The van der Waals surface area contributed by atoms with Crippen LogP contribution in [0, 0.1) is 5.92 Å². The molecule has 2 heterocycles. The number of hydrogen-bond acceptors (Lipinski definition) is 4. The van der Waals surface area contributed by atoms with Crippen LogP contribution in [0.1, 0.15) is 19.5 Å². The highest BCUT2D eigenvalue weighted by atomic mass is 32.2. The molecule has 0 saturated carbocycles. The Morgan fingerprint density at radius 3 is 2.96 bits per heavy atom. The van der Waals surface area contributed by atoms with Crippen LogP contribution in [0.15, 0.2) is 29.4 Å². The van der Waals surface area contributed by atoms with E-state index in [-0.39, 0.29) is 12.5 Å². The molecule has 1 saturated heterocycles. The van der Waals surface area contributed by atoms with Crippen molar-refractivity contribution in [3.05, 3.63) is 30.1 Å². The summed E-state index contributed by atoms with van der Waals surface area (Å²) in [6, 6.07) is 5.85. The molecule has 144 valence electrons. The summed E-state index contributed by atoms with van der Waals surface area (Å²) in [5.41, 5.74) is 1.00. The molecule has 1 aliphatic rings. The lowest BCUT2D eigenvalue weighted by atomic mass is 10.1. The van der Waals surface area contributed by atoms with E-state index in [0.29, 0.717) is 17.7 Å². The van der Waals surface area contributed by atoms with Gasteiger partial charge in [0.2, 0.25) is 5.91 Å². The molecule has 0 bridgehead atoms. The summed E-state index contributed by atoms with van der Waals surface area (Å²) in [6.45, 7) is 7.39. The number of rotatable bonds is 6. The summed E-state index contributed by atoms with van der Waals surface area (Å²) < 4.78 is 0. The fraction of sp³-hybridized carbons (Fsp3) is 0.632. The minimum atomic E-state index is 0.0638. The maximum atomic E-state index is 12.4. The molecular weight excluding hydrogens is 346 g/mol. The van der Waals surface area contributed by atoms with Gasteiger partial charge in [0.25, 0.3) is 0 Å². The van der Waals surface area contributed by atoms with E-state index in [4.69, 9.17) is 0 Å². The topological polar surface area (TPSA) is 60.8 Å². The molecule has 0 aliphatic carbocycles. The van der Waals surface area contributed by atoms with Crippen molar-refractivity contribution in [3.8, 4) is 0 Å². The second kappa shape index (κ2) is 10.4. The van der Waals surface area contributed by atoms with Crippen LogP contribution >= 0.6 is 11.8 Å². The Balaban J connectivity index is 1.79. The van der Waals surface area contributed by atoms with Crippen molar-refractivity contribution in [2.24, 2.45) is 10.9 Å². The van der Waals surface area contributed by atoms with Crippen LogP contribution in [-0.2, 0) is 11.2 Å². The Kier molecular flexibility index (Phi) is 8.22. The minimum Gasteiger partial charge on any atom is -0.347 e.